The summed E-state index contributed by atoms with van der Waals surface area (Å²) in [5.41, 5.74) is 8.77. The maximum Gasteiger partial charge on any atom is 0.276 e. The quantitative estimate of drug-likeness (QED) is 0.879. The number of nitrogens with two attached hydrogens (primary N) is 1. The van der Waals surface area contributed by atoms with Gasteiger partial charge in [0, 0.05) is 50.3 Å². The first-order valence-electron chi connectivity index (χ1n) is 9.74. The summed E-state index contributed by atoms with van der Waals surface area (Å²) in [6.45, 7) is 5.06. The van der Waals surface area contributed by atoms with E-state index in [4.69, 9.17) is 5.73 Å². The lowest BCUT2D eigenvalue weighted by molar-refractivity contribution is 0.0740. The first kappa shape index (κ1) is 17.9. The molecule has 2 N–H and O–H groups in total. The fourth-order valence-corrected chi connectivity index (χ4v) is 4.05. The van der Waals surface area contributed by atoms with Crippen LogP contribution in [0, 0.1) is 6.92 Å². The van der Waals surface area contributed by atoms with Crippen LogP contribution in [0.1, 0.15) is 47.8 Å². The standard InChI is InChI=1S/C19H27N7O/c1-14-12-21-7-6-18(14)24-8-10-25(11-9-24)19(27)17-13-26(23-22-17)16-4-2-15(20)3-5-16/h6-7,12-13,15-16H,2-5,8-11,20H2,1H3. The van der Waals surface area contributed by atoms with Crippen molar-refractivity contribution >= 4 is 11.6 Å². The SMILES string of the molecule is Cc1cnccc1N1CCN(C(=O)c2cn(C3CCC(N)CC3)nn2)CC1. The Balaban J connectivity index is 1.36. The molecule has 0 spiro atoms. The van der Waals surface area contributed by atoms with E-state index < -0.39 is 0 Å². The highest BCUT2D eigenvalue weighted by Gasteiger charge is 2.26. The Labute approximate surface area is 159 Å². The van der Waals surface area contributed by atoms with Crippen LogP contribution < -0.4 is 10.6 Å². The maximum absolute atomic E-state index is 12.8. The number of aryl methyl sites for hydroxylation is 1. The van der Waals surface area contributed by atoms with E-state index in [2.05, 4.69) is 27.1 Å². The number of nitrogens with zero attached hydrogens (tertiary/aromatic N) is 6. The van der Waals surface area contributed by atoms with Crippen LogP contribution in [0.25, 0.3) is 0 Å². The second-order valence-corrected chi connectivity index (χ2v) is 7.59. The summed E-state index contributed by atoms with van der Waals surface area (Å²) < 4.78 is 1.86. The van der Waals surface area contributed by atoms with Gasteiger partial charge in [-0.25, -0.2) is 4.68 Å². The zero-order chi connectivity index (χ0) is 18.8. The maximum atomic E-state index is 12.8. The van der Waals surface area contributed by atoms with E-state index in [9.17, 15) is 4.79 Å². The molecule has 1 aliphatic carbocycles. The number of hydrogen-bond acceptors (Lipinski definition) is 6. The Morgan fingerprint density at radius 1 is 1.15 bits per heavy atom. The highest BCUT2D eigenvalue weighted by Crippen LogP contribution is 2.27. The topological polar surface area (TPSA) is 93.2 Å². The summed E-state index contributed by atoms with van der Waals surface area (Å²) in [6, 6.07) is 2.64. The molecule has 1 saturated carbocycles. The van der Waals surface area contributed by atoms with Crippen LogP contribution in [-0.4, -0.2) is 63.0 Å². The minimum absolute atomic E-state index is 0.0279. The molecule has 0 radical (unpaired) electrons. The average molecular weight is 369 g/mol. The third-order valence-electron chi connectivity index (χ3n) is 5.74. The highest BCUT2D eigenvalue weighted by atomic mass is 16.2. The summed E-state index contributed by atoms with van der Waals surface area (Å²) in [5.74, 6) is -0.0279. The van der Waals surface area contributed by atoms with Gasteiger partial charge in [0.15, 0.2) is 5.69 Å². The van der Waals surface area contributed by atoms with Crippen LogP contribution in [-0.2, 0) is 0 Å². The molecule has 0 unspecified atom stereocenters. The monoisotopic (exact) mass is 369 g/mol. The number of amides is 1. The predicted octanol–water partition coefficient (Wildman–Crippen LogP) is 1.39. The molecule has 8 nitrogen and oxygen atoms in total. The molecule has 0 atom stereocenters. The summed E-state index contributed by atoms with van der Waals surface area (Å²) in [7, 11) is 0. The Kier molecular flexibility index (Phi) is 5.07. The van der Waals surface area contributed by atoms with E-state index in [0.29, 0.717) is 30.9 Å². The first-order valence-corrected chi connectivity index (χ1v) is 9.74. The number of hydrogen-bond donors (Lipinski definition) is 1. The molecule has 2 fully saturated rings. The van der Waals surface area contributed by atoms with Gasteiger partial charge < -0.3 is 15.5 Å². The lowest BCUT2D eigenvalue weighted by atomic mass is 9.92. The van der Waals surface area contributed by atoms with Gasteiger partial charge in [-0.1, -0.05) is 5.21 Å². The van der Waals surface area contributed by atoms with Crippen molar-refractivity contribution < 1.29 is 4.79 Å². The molecule has 1 saturated heterocycles. The van der Waals surface area contributed by atoms with E-state index in [1.807, 2.05) is 34.2 Å². The third kappa shape index (κ3) is 3.80. The fraction of sp³-hybridized carbons (Fsp3) is 0.579. The molecule has 0 aromatic carbocycles. The van der Waals surface area contributed by atoms with Crippen molar-refractivity contribution in [1.82, 2.24) is 24.9 Å². The molecular formula is C19H27N7O. The number of carbonyl (C=O) groups is 1. The van der Waals surface area contributed by atoms with Crippen molar-refractivity contribution in [2.45, 2.75) is 44.7 Å². The van der Waals surface area contributed by atoms with E-state index >= 15 is 0 Å². The van der Waals surface area contributed by atoms with Gasteiger partial charge in [0.1, 0.15) is 0 Å². The minimum atomic E-state index is -0.0279. The van der Waals surface area contributed by atoms with Crippen molar-refractivity contribution in [3.63, 3.8) is 0 Å². The minimum Gasteiger partial charge on any atom is -0.368 e. The fourth-order valence-electron chi connectivity index (χ4n) is 4.05. The largest absolute Gasteiger partial charge is 0.368 e. The Morgan fingerprint density at radius 3 is 2.59 bits per heavy atom. The lowest BCUT2D eigenvalue weighted by Gasteiger charge is -2.36. The van der Waals surface area contributed by atoms with Gasteiger partial charge in [-0.3, -0.25) is 9.78 Å². The number of pyridine rings is 1. The smallest absolute Gasteiger partial charge is 0.276 e. The summed E-state index contributed by atoms with van der Waals surface area (Å²) in [5, 5.41) is 8.36. The number of carbonyl (C=O) groups excluding carboxylic acids is 1. The molecule has 3 heterocycles. The molecule has 4 rings (SSSR count). The van der Waals surface area contributed by atoms with E-state index in [0.717, 1.165) is 44.3 Å². The van der Waals surface area contributed by atoms with Gasteiger partial charge in [0.2, 0.25) is 0 Å². The summed E-state index contributed by atoms with van der Waals surface area (Å²) >= 11 is 0. The number of piperazine rings is 1. The zero-order valence-electron chi connectivity index (χ0n) is 15.8. The van der Waals surface area contributed by atoms with Crippen LogP contribution in [0.3, 0.4) is 0 Å². The van der Waals surface area contributed by atoms with Crippen molar-refractivity contribution in [1.29, 1.82) is 0 Å². The van der Waals surface area contributed by atoms with E-state index in [1.54, 1.807) is 0 Å². The van der Waals surface area contributed by atoms with E-state index in [-0.39, 0.29) is 5.91 Å². The van der Waals surface area contributed by atoms with Gasteiger partial charge in [-0.05, 0) is 44.2 Å². The Bertz CT molecular complexity index is 789. The van der Waals surface area contributed by atoms with Crippen LogP contribution in [0.4, 0.5) is 5.69 Å². The van der Waals surface area contributed by atoms with Crippen LogP contribution in [0.15, 0.2) is 24.7 Å². The molecule has 2 aromatic heterocycles. The van der Waals surface area contributed by atoms with Gasteiger partial charge in [0.05, 0.1) is 12.2 Å². The molecule has 144 valence electrons. The Hall–Kier alpha value is -2.48. The second kappa shape index (κ2) is 7.64. The van der Waals surface area contributed by atoms with Crippen molar-refractivity contribution in [3.05, 3.63) is 35.9 Å². The molecule has 1 amide bonds. The van der Waals surface area contributed by atoms with Gasteiger partial charge in [0.25, 0.3) is 5.91 Å². The molecule has 27 heavy (non-hydrogen) atoms. The van der Waals surface area contributed by atoms with Gasteiger partial charge >= 0.3 is 0 Å². The first-order chi connectivity index (χ1) is 13.1. The summed E-state index contributed by atoms with van der Waals surface area (Å²) in [6.07, 6.45) is 9.52. The van der Waals surface area contributed by atoms with Crippen molar-refractivity contribution in [2.75, 3.05) is 31.1 Å². The van der Waals surface area contributed by atoms with Gasteiger partial charge in [-0.15, -0.1) is 5.10 Å². The summed E-state index contributed by atoms with van der Waals surface area (Å²) in [4.78, 5) is 21.2. The van der Waals surface area contributed by atoms with Crippen molar-refractivity contribution in [3.8, 4) is 0 Å². The van der Waals surface area contributed by atoms with Crippen LogP contribution >= 0.6 is 0 Å². The zero-order valence-corrected chi connectivity index (χ0v) is 15.8. The van der Waals surface area contributed by atoms with E-state index in [1.165, 1.54) is 5.69 Å². The average Bonchev–Trinajstić information content (AvgIpc) is 3.19. The lowest BCUT2D eigenvalue weighted by Crippen LogP contribution is -2.49. The molecule has 0 bridgehead atoms. The number of anilines is 1. The van der Waals surface area contributed by atoms with Crippen LogP contribution in [0.5, 0.6) is 0 Å². The molecular weight excluding hydrogens is 342 g/mol. The number of aromatic nitrogens is 4. The predicted molar refractivity (Wildman–Crippen MR) is 103 cm³/mol. The normalized spacial score (nSPS) is 23.5. The molecule has 8 heteroatoms. The van der Waals surface area contributed by atoms with Gasteiger partial charge in [-0.2, -0.15) is 0 Å². The number of rotatable bonds is 3. The van der Waals surface area contributed by atoms with Crippen molar-refractivity contribution in [2.24, 2.45) is 5.73 Å². The third-order valence-corrected chi connectivity index (χ3v) is 5.74. The highest BCUT2D eigenvalue weighted by molar-refractivity contribution is 5.92. The van der Waals surface area contributed by atoms with Crippen LogP contribution in [0.2, 0.25) is 0 Å². The molecule has 2 aliphatic rings. The molecule has 2 aromatic rings. The molecule has 1 aliphatic heterocycles. The Morgan fingerprint density at radius 2 is 1.89 bits per heavy atom. The second-order valence-electron chi connectivity index (χ2n) is 7.59.